The minimum atomic E-state index is -0.0341. The summed E-state index contributed by atoms with van der Waals surface area (Å²) in [6.07, 6.45) is 0.716. The highest BCUT2D eigenvalue weighted by Gasteiger charge is 2.16. The third-order valence-corrected chi connectivity index (χ3v) is 2.33. The summed E-state index contributed by atoms with van der Waals surface area (Å²) in [6, 6.07) is 5.97. The Morgan fingerprint density at radius 2 is 2.19 bits per heavy atom. The van der Waals surface area contributed by atoms with Crippen LogP contribution in [0, 0.1) is 6.92 Å². The van der Waals surface area contributed by atoms with Crippen molar-refractivity contribution >= 4 is 11.7 Å². The topological polar surface area (TPSA) is 86.0 Å². The van der Waals surface area contributed by atoms with Crippen molar-refractivity contribution < 1.29 is 4.74 Å². The van der Waals surface area contributed by atoms with Gasteiger partial charge in [0.15, 0.2) is 0 Å². The van der Waals surface area contributed by atoms with Crippen molar-refractivity contribution in [1.82, 2.24) is 0 Å². The number of hydrogen-bond acceptors (Lipinski definition) is 3. The van der Waals surface area contributed by atoms with Gasteiger partial charge in [-0.1, -0.05) is 11.6 Å². The van der Waals surface area contributed by atoms with E-state index >= 15 is 0 Å². The van der Waals surface area contributed by atoms with Crippen LogP contribution < -0.4 is 16.2 Å². The molecule has 1 aliphatic heterocycles. The van der Waals surface area contributed by atoms with E-state index in [0.717, 1.165) is 22.6 Å². The predicted molar refractivity (Wildman–Crippen MR) is 63.6 cm³/mol. The lowest BCUT2D eigenvalue weighted by molar-refractivity contribution is 0.320. The summed E-state index contributed by atoms with van der Waals surface area (Å²) < 4.78 is 5.52. The Hall–Kier alpha value is -2.04. The first-order valence-corrected chi connectivity index (χ1v) is 5.06. The highest BCUT2D eigenvalue weighted by atomic mass is 16.5. The Morgan fingerprint density at radius 3 is 2.94 bits per heavy atom. The van der Waals surface area contributed by atoms with Crippen molar-refractivity contribution in [3.63, 3.8) is 0 Å². The van der Waals surface area contributed by atoms with Gasteiger partial charge < -0.3 is 16.2 Å². The fraction of sp³-hybridized carbons (Fsp3) is 0.273. The minimum absolute atomic E-state index is 0.0341. The largest absolute Gasteiger partial charge is 0.492 e. The average molecular weight is 218 g/mol. The van der Waals surface area contributed by atoms with Crippen molar-refractivity contribution in [3.8, 4) is 5.75 Å². The van der Waals surface area contributed by atoms with Crippen LogP contribution in [0.5, 0.6) is 5.75 Å². The van der Waals surface area contributed by atoms with Crippen LogP contribution in [0.25, 0.3) is 0 Å². The van der Waals surface area contributed by atoms with E-state index in [0.29, 0.717) is 13.0 Å². The molecule has 0 aliphatic carbocycles. The maximum Gasteiger partial charge on any atom is 0.211 e. The number of aryl methyl sites for hydroxylation is 1. The predicted octanol–water partition coefficient (Wildman–Crippen LogP) is 0.755. The van der Waals surface area contributed by atoms with E-state index in [2.05, 4.69) is 10.2 Å². The first kappa shape index (κ1) is 10.5. The number of rotatable bonds is 1. The molecule has 1 aromatic carbocycles. The molecule has 0 bridgehead atoms. The number of fused-ring (bicyclic) bond motifs is 1. The van der Waals surface area contributed by atoms with Crippen LogP contribution >= 0.6 is 0 Å². The van der Waals surface area contributed by atoms with E-state index in [1.54, 1.807) is 0 Å². The van der Waals surface area contributed by atoms with E-state index in [1.165, 1.54) is 0 Å². The summed E-state index contributed by atoms with van der Waals surface area (Å²) >= 11 is 0. The molecule has 0 saturated heterocycles. The van der Waals surface area contributed by atoms with E-state index in [1.807, 2.05) is 25.1 Å². The zero-order valence-electron chi connectivity index (χ0n) is 9.10. The second kappa shape index (κ2) is 4.22. The molecule has 4 N–H and O–H groups in total. The van der Waals surface area contributed by atoms with Gasteiger partial charge in [0.1, 0.15) is 5.75 Å². The highest BCUT2D eigenvalue weighted by Crippen LogP contribution is 2.26. The van der Waals surface area contributed by atoms with Crippen LogP contribution in [-0.4, -0.2) is 18.3 Å². The Balaban J connectivity index is 2.43. The second-order valence-electron chi connectivity index (χ2n) is 3.67. The monoisotopic (exact) mass is 218 g/mol. The van der Waals surface area contributed by atoms with Crippen molar-refractivity contribution in [1.29, 1.82) is 0 Å². The van der Waals surface area contributed by atoms with Gasteiger partial charge in [-0.3, -0.25) is 0 Å². The maximum atomic E-state index is 5.52. The van der Waals surface area contributed by atoms with Gasteiger partial charge in [-0.15, -0.1) is 5.10 Å². The number of nitrogens with two attached hydrogens (primary N) is 2. The first-order chi connectivity index (χ1) is 7.66. The van der Waals surface area contributed by atoms with Gasteiger partial charge in [0.2, 0.25) is 5.96 Å². The normalized spacial score (nSPS) is 16.4. The molecule has 84 valence electrons. The second-order valence-corrected chi connectivity index (χ2v) is 3.67. The zero-order valence-corrected chi connectivity index (χ0v) is 9.10. The van der Waals surface area contributed by atoms with Gasteiger partial charge in [-0.25, -0.2) is 0 Å². The van der Waals surface area contributed by atoms with Gasteiger partial charge in [0, 0.05) is 12.0 Å². The Kier molecular flexibility index (Phi) is 2.76. The molecule has 0 unspecified atom stereocenters. The van der Waals surface area contributed by atoms with E-state index < -0.39 is 0 Å². The SMILES string of the molecule is Cc1ccc2c(c1)C(=NN=C(N)N)CCO2. The fourth-order valence-corrected chi connectivity index (χ4v) is 1.61. The number of benzene rings is 1. The van der Waals surface area contributed by atoms with E-state index in [9.17, 15) is 0 Å². The lowest BCUT2D eigenvalue weighted by Crippen LogP contribution is -2.22. The number of guanidine groups is 1. The molecule has 2 rings (SSSR count). The highest BCUT2D eigenvalue weighted by molar-refractivity contribution is 6.04. The van der Waals surface area contributed by atoms with E-state index in [4.69, 9.17) is 16.2 Å². The number of nitrogens with zero attached hydrogens (tertiary/aromatic N) is 2. The molecule has 5 nitrogen and oxygen atoms in total. The molecular weight excluding hydrogens is 204 g/mol. The third-order valence-electron chi connectivity index (χ3n) is 2.33. The minimum Gasteiger partial charge on any atom is -0.492 e. The summed E-state index contributed by atoms with van der Waals surface area (Å²) in [5, 5.41) is 7.72. The van der Waals surface area contributed by atoms with Crippen LogP contribution in [0.15, 0.2) is 28.4 Å². The molecule has 0 saturated carbocycles. The van der Waals surface area contributed by atoms with Gasteiger partial charge in [0.25, 0.3) is 0 Å². The van der Waals surface area contributed by atoms with Crippen molar-refractivity contribution in [3.05, 3.63) is 29.3 Å². The summed E-state index contributed by atoms with van der Waals surface area (Å²) in [5.41, 5.74) is 13.5. The molecular formula is C11H14N4O. The first-order valence-electron chi connectivity index (χ1n) is 5.06. The number of ether oxygens (including phenoxy) is 1. The fourth-order valence-electron chi connectivity index (χ4n) is 1.61. The van der Waals surface area contributed by atoms with Crippen LogP contribution in [-0.2, 0) is 0 Å². The Labute approximate surface area is 93.8 Å². The summed E-state index contributed by atoms with van der Waals surface area (Å²) in [6.45, 7) is 2.63. The van der Waals surface area contributed by atoms with Gasteiger partial charge in [-0.2, -0.15) is 5.10 Å². The molecule has 5 heteroatoms. The summed E-state index contributed by atoms with van der Waals surface area (Å²) in [4.78, 5) is 0. The quantitative estimate of drug-likeness (QED) is 0.414. The molecule has 0 radical (unpaired) electrons. The average Bonchev–Trinajstić information content (AvgIpc) is 2.26. The molecule has 16 heavy (non-hydrogen) atoms. The van der Waals surface area contributed by atoms with Gasteiger partial charge in [0.05, 0.1) is 12.3 Å². The Bertz CT molecular complexity index is 461. The summed E-state index contributed by atoms with van der Waals surface area (Å²) in [5.74, 6) is 0.801. The van der Waals surface area contributed by atoms with Crippen molar-refractivity contribution in [2.75, 3.05) is 6.61 Å². The molecule has 1 heterocycles. The molecule has 1 aromatic rings. The van der Waals surface area contributed by atoms with Gasteiger partial charge in [-0.05, 0) is 19.1 Å². The molecule has 0 fully saturated rings. The number of hydrogen-bond donors (Lipinski definition) is 2. The Morgan fingerprint density at radius 1 is 1.38 bits per heavy atom. The van der Waals surface area contributed by atoms with E-state index in [-0.39, 0.29) is 5.96 Å². The standard InChI is InChI=1S/C11H14N4O/c1-7-2-3-10-8(6-7)9(4-5-16-10)14-15-11(12)13/h2-3,6H,4-5H2,1H3,(H4,12,13,15). The van der Waals surface area contributed by atoms with Crippen LogP contribution in [0.4, 0.5) is 0 Å². The molecule has 0 amide bonds. The van der Waals surface area contributed by atoms with Crippen LogP contribution in [0.2, 0.25) is 0 Å². The molecule has 1 aliphatic rings. The van der Waals surface area contributed by atoms with Crippen molar-refractivity contribution in [2.45, 2.75) is 13.3 Å². The third kappa shape index (κ3) is 2.13. The lowest BCUT2D eigenvalue weighted by atomic mass is 10.0. The van der Waals surface area contributed by atoms with Gasteiger partial charge >= 0.3 is 0 Å². The van der Waals surface area contributed by atoms with Crippen LogP contribution in [0.3, 0.4) is 0 Å². The lowest BCUT2D eigenvalue weighted by Gasteiger charge is -2.18. The summed E-state index contributed by atoms with van der Waals surface area (Å²) in [7, 11) is 0. The maximum absolute atomic E-state index is 5.52. The zero-order chi connectivity index (χ0) is 11.5. The molecule has 0 spiro atoms. The molecule has 0 atom stereocenters. The molecule has 0 aromatic heterocycles. The smallest absolute Gasteiger partial charge is 0.211 e. The van der Waals surface area contributed by atoms with Crippen molar-refractivity contribution in [2.24, 2.45) is 21.7 Å². The van der Waals surface area contributed by atoms with Crippen LogP contribution in [0.1, 0.15) is 17.5 Å².